The van der Waals surface area contributed by atoms with E-state index in [1.165, 1.54) is 0 Å². The summed E-state index contributed by atoms with van der Waals surface area (Å²) in [4.78, 5) is 11.5. The molecule has 1 saturated heterocycles. The van der Waals surface area contributed by atoms with Crippen LogP contribution in [-0.2, 0) is 6.54 Å². The molecule has 130 valence electrons. The third-order valence-electron chi connectivity index (χ3n) is 4.48. The van der Waals surface area contributed by atoms with E-state index < -0.39 is 0 Å². The van der Waals surface area contributed by atoms with Crippen molar-refractivity contribution in [2.75, 3.05) is 19.6 Å². The van der Waals surface area contributed by atoms with Crippen LogP contribution < -0.4 is 10.6 Å². The Kier molecular flexibility index (Phi) is 6.04. The predicted molar refractivity (Wildman–Crippen MR) is 93.6 cm³/mol. The van der Waals surface area contributed by atoms with Crippen LogP contribution in [0.25, 0.3) is 0 Å². The maximum absolute atomic E-state index is 5.60. The molecule has 6 heteroatoms. The molecule has 2 heterocycles. The van der Waals surface area contributed by atoms with Gasteiger partial charge >= 0.3 is 0 Å². The Bertz CT molecular complexity index is 518. The zero-order valence-corrected chi connectivity index (χ0v) is 15.3. The van der Waals surface area contributed by atoms with Gasteiger partial charge in [-0.15, -0.1) is 0 Å². The highest BCUT2D eigenvalue weighted by Gasteiger charge is 2.31. The maximum Gasteiger partial charge on any atom is 0.216 e. The van der Waals surface area contributed by atoms with Crippen molar-refractivity contribution in [3.8, 4) is 0 Å². The highest BCUT2D eigenvalue weighted by molar-refractivity contribution is 5.80. The maximum atomic E-state index is 5.60. The Balaban J connectivity index is 1.99. The average molecular weight is 321 g/mol. The Hall–Kier alpha value is -1.56. The number of likely N-dealkylation sites (tertiary alicyclic amines) is 1. The fraction of sp³-hybridized carbons (Fsp3) is 0.765. The topological polar surface area (TPSA) is 65.7 Å². The molecule has 1 aromatic heterocycles. The van der Waals surface area contributed by atoms with Crippen LogP contribution in [0.5, 0.6) is 0 Å². The molecule has 0 bridgehead atoms. The van der Waals surface area contributed by atoms with Gasteiger partial charge in [-0.3, -0.25) is 4.90 Å². The van der Waals surface area contributed by atoms with Crippen molar-refractivity contribution >= 4 is 5.96 Å². The normalized spacial score (nSPS) is 22.8. The molecular formula is C17H31N5O. The molecule has 0 spiro atoms. The number of aromatic nitrogens is 1. The van der Waals surface area contributed by atoms with Gasteiger partial charge in [0.25, 0.3) is 0 Å². The van der Waals surface area contributed by atoms with E-state index in [1.54, 1.807) is 0 Å². The molecule has 1 aliphatic heterocycles. The summed E-state index contributed by atoms with van der Waals surface area (Å²) in [7, 11) is 0. The molecule has 2 rings (SSSR count). The van der Waals surface area contributed by atoms with Gasteiger partial charge in [0.2, 0.25) is 5.89 Å². The third-order valence-corrected chi connectivity index (χ3v) is 4.48. The summed E-state index contributed by atoms with van der Waals surface area (Å²) in [6.45, 7) is 16.2. The molecule has 0 saturated carbocycles. The molecule has 2 atom stereocenters. The van der Waals surface area contributed by atoms with Crippen molar-refractivity contribution in [1.82, 2.24) is 20.5 Å². The Morgan fingerprint density at radius 2 is 2.13 bits per heavy atom. The minimum atomic E-state index is 0.420. The van der Waals surface area contributed by atoms with Gasteiger partial charge in [0, 0.05) is 31.7 Å². The first-order chi connectivity index (χ1) is 10.9. The monoisotopic (exact) mass is 321 g/mol. The lowest BCUT2D eigenvalue weighted by Gasteiger charge is -2.21. The number of oxazole rings is 1. The summed E-state index contributed by atoms with van der Waals surface area (Å²) in [5.41, 5.74) is 0.935. The Morgan fingerprint density at radius 3 is 2.65 bits per heavy atom. The minimum Gasteiger partial charge on any atom is -0.444 e. The van der Waals surface area contributed by atoms with E-state index in [0.717, 1.165) is 37.0 Å². The van der Waals surface area contributed by atoms with Crippen LogP contribution in [0.4, 0.5) is 0 Å². The number of aryl methyl sites for hydroxylation is 2. The predicted octanol–water partition coefficient (Wildman–Crippen LogP) is 2.08. The van der Waals surface area contributed by atoms with Crippen molar-refractivity contribution in [1.29, 1.82) is 0 Å². The SMILES string of the molecule is CCNC(=NCc1nc(C)c(C)o1)NC1CN(C(C)C)CC1C. The third kappa shape index (κ3) is 4.70. The molecule has 2 unspecified atom stereocenters. The van der Waals surface area contributed by atoms with E-state index in [0.29, 0.717) is 30.4 Å². The number of nitrogens with one attached hydrogen (secondary N) is 2. The van der Waals surface area contributed by atoms with Gasteiger partial charge in [0.05, 0.1) is 5.69 Å². The molecule has 1 aromatic rings. The van der Waals surface area contributed by atoms with Crippen LogP contribution >= 0.6 is 0 Å². The van der Waals surface area contributed by atoms with E-state index in [-0.39, 0.29) is 0 Å². The van der Waals surface area contributed by atoms with Crippen molar-refractivity contribution in [3.05, 3.63) is 17.3 Å². The standard InChI is InChI=1S/C17H31N5O/c1-7-18-17(19-8-16-20-13(5)14(6)23-16)21-15-10-22(11(2)3)9-12(15)4/h11-12,15H,7-10H2,1-6H3,(H2,18,19,21). The van der Waals surface area contributed by atoms with Crippen LogP contribution in [0.2, 0.25) is 0 Å². The van der Waals surface area contributed by atoms with E-state index in [4.69, 9.17) is 4.42 Å². The number of guanidine groups is 1. The quantitative estimate of drug-likeness (QED) is 0.642. The number of hydrogen-bond donors (Lipinski definition) is 2. The largest absolute Gasteiger partial charge is 0.444 e. The first-order valence-electron chi connectivity index (χ1n) is 8.62. The lowest BCUT2D eigenvalue weighted by atomic mass is 10.1. The molecule has 2 N–H and O–H groups in total. The second kappa shape index (κ2) is 7.81. The zero-order valence-electron chi connectivity index (χ0n) is 15.3. The highest BCUT2D eigenvalue weighted by Crippen LogP contribution is 2.18. The zero-order chi connectivity index (χ0) is 17.0. The van der Waals surface area contributed by atoms with E-state index in [2.05, 4.69) is 53.2 Å². The first kappa shape index (κ1) is 17.8. The Labute approximate surface area is 139 Å². The fourth-order valence-electron chi connectivity index (χ4n) is 2.86. The first-order valence-corrected chi connectivity index (χ1v) is 8.62. The summed E-state index contributed by atoms with van der Waals surface area (Å²) >= 11 is 0. The molecule has 0 aliphatic carbocycles. The molecule has 23 heavy (non-hydrogen) atoms. The smallest absolute Gasteiger partial charge is 0.216 e. The summed E-state index contributed by atoms with van der Waals surface area (Å²) in [5, 5.41) is 6.89. The summed E-state index contributed by atoms with van der Waals surface area (Å²) in [6, 6.07) is 1.00. The van der Waals surface area contributed by atoms with Crippen LogP contribution in [0.3, 0.4) is 0 Å². The fourth-order valence-corrected chi connectivity index (χ4v) is 2.86. The van der Waals surface area contributed by atoms with Gasteiger partial charge in [-0.1, -0.05) is 6.92 Å². The number of rotatable bonds is 5. The lowest BCUT2D eigenvalue weighted by molar-refractivity contribution is 0.265. The van der Waals surface area contributed by atoms with Crippen LogP contribution in [0.1, 0.15) is 45.0 Å². The second-order valence-corrected chi connectivity index (χ2v) is 6.72. The molecule has 6 nitrogen and oxygen atoms in total. The molecular weight excluding hydrogens is 290 g/mol. The van der Waals surface area contributed by atoms with Crippen molar-refractivity contribution in [3.63, 3.8) is 0 Å². The molecule has 0 amide bonds. The molecule has 1 fully saturated rings. The van der Waals surface area contributed by atoms with Crippen molar-refractivity contribution < 1.29 is 4.42 Å². The van der Waals surface area contributed by atoms with Crippen molar-refractivity contribution in [2.24, 2.45) is 10.9 Å². The number of aliphatic imine (C=N–C) groups is 1. The molecule has 1 aliphatic rings. The van der Waals surface area contributed by atoms with Crippen LogP contribution in [-0.4, -0.2) is 47.6 Å². The lowest BCUT2D eigenvalue weighted by Crippen LogP contribution is -2.46. The Morgan fingerprint density at radius 1 is 1.39 bits per heavy atom. The van der Waals surface area contributed by atoms with Gasteiger partial charge in [0.15, 0.2) is 5.96 Å². The summed E-state index contributed by atoms with van der Waals surface area (Å²) in [6.07, 6.45) is 0. The highest BCUT2D eigenvalue weighted by atomic mass is 16.4. The van der Waals surface area contributed by atoms with E-state index >= 15 is 0 Å². The molecule has 0 radical (unpaired) electrons. The van der Waals surface area contributed by atoms with Gasteiger partial charge < -0.3 is 15.1 Å². The summed E-state index contributed by atoms with van der Waals surface area (Å²) < 4.78 is 5.60. The van der Waals surface area contributed by atoms with Gasteiger partial charge in [-0.2, -0.15) is 0 Å². The van der Waals surface area contributed by atoms with Gasteiger partial charge in [-0.05, 0) is 40.5 Å². The van der Waals surface area contributed by atoms with Gasteiger partial charge in [-0.25, -0.2) is 9.98 Å². The second-order valence-electron chi connectivity index (χ2n) is 6.72. The molecule has 0 aromatic carbocycles. The van der Waals surface area contributed by atoms with Crippen molar-refractivity contribution in [2.45, 2.75) is 60.2 Å². The van der Waals surface area contributed by atoms with Crippen LogP contribution in [0, 0.1) is 19.8 Å². The number of hydrogen-bond acceptors (Lipinski definition) is 4. The minimum absolute atomic E-state index is 0.420. The average Bonchev–Trinajstić information content (AvgIpc) is 3.00. The van der Waals surface area contributed by atoms with Gasteiger partial charge in [0.1, 0.15) is 12.3 Å². The van der Waals surface area contributed by atoms with E-state index in [1.807, 2.05) is 13.8 Å². The van der Waals surface area contributed by atoms with E-state index in [9.17, 15) is 0 Å². The number of nitrogens with zero attached hydrogens (tertiary/aromatic N) is 3. The summed E-state index contributed by atoms with van der Waals surface area (Å²) in [5.74, 6) is 2.97. The van der Waals surface area contributed by atoms with Crippen LogP contribution in [0.15, 0.2) is 9.41 Å².